The van der Waals surface area contributed by atoms with Crippen LogP contribution in [0.2, 0.25) is 0 Å². The minimum Gasteiger partial charge on any atom is -0.346 e. The molecule has 3 rings (SSSR count). The van der Waals surface area contributed by atoms with Crippen molar-refractivity contribution < 1.29 is 18.7 Å². The third kappa shape index (κ3) is 3.23. The summed E-state index contributed by atoms with van der Waals surface area (Å²) in [5, 5.41) is 0. The van der Waals surface area contributed by atoms with Crippen molar-refractivity contribution in [1.82, 2.24) is 4.90 Å². The fourth-order valence-electron chi connectivity index (χ4n) is 3.57. The van der Waals surface area contributed by atoms with Gasteiger partial charge in [0, 0.05) is 13.0 Å². The molecule has 1 spiro atoms. The number of carbonyl (C=O) groups excluding carboxylic acids is 1. The van der Waals surface area contributed by atoms with E-state index in [1.54, 1.807) is 11.0 Å². The highest BCUT2D eigenvalue weighted by molar-refractivity contribution is 6.27. The predicted molar refractivity (Wildman–Crippen MR) is 84.7 cm³/mol. The van der Waals surface area contributed by atoms with Crippen molar-refractivity contribution in [2.75, 3.05) is 19.1 Å². The molecule has 0 bridgehead atoms. The van der Waals surface area contributed by atoms with Crippen molar-refractivity contribution in [1.29, 1.82) is 0 Å². The number of halogens is 2. The second-order valence-electron chi connectivity index (χ2n) is 6.14. The van der Waals surface area contributed by atoms with Gasteiger partial charge in [-0.3, -0.25) is 4.79 Å². The summed E-state index contributed by atoms with van der Waals surface area (Å²) >= 11 is 5.81. The number of aryl methyl sites for hydroxylation is 1. The first-order valence-corrected chi connectivity index (χ1v) is 8.47. The molecule has 1 amide bonds. The number of rotatable bonds is 4. The molecular formula is C17H21ClFNO3. The molecule has 2 fully saturated rings. The van der Waals surface area contributed by atoms with Crippen LogP contribution in [0.5, 0.6) is 0 Å². The Morgan fingerprint density at radius 2 is 2.17 bits per heavy atom. The first kappa shape index (κ1) is 16.7. The van der Waals surface area contributed by atoms with Crippen LogP contribution in [0, 0.1) is 12.7 Å². The topological polar surface area (TPSA) is 38.8 Å². The van der Waals surface area contributed by atoms with E-state index in [4.69, 9.17) is 21.1 Å². The van der Waals surface area contributed by atoms with E-state index in [2.05, 4.69) is 0 Å². The third-order valence-electron chi connectivity index (χ3n) is 4.75. The van der Waals surface area contributed by atoms with Gasteiger partial charge in [0.15, 0.2) is 5.79 Å². The molecule has 1 saturated carbocycles. The van der Waals surface area contributed by atoms with Crippen molar-refractivity contribution in [3.63, 3.8) is 0 Å². The fourth-order valence-corrected chi connectivity index (χ4v) is 3.73. The molecular weight excluding hydrogens is 321 g/mol. The Balaban J connectivity index is 1.89. The van der Waals surface area contributed by atoms with Gasteiger partial charge in [-0.15, -0.1) is 11.6 Å². The molecule has 6 heteroatoms. The standard InChI is InChI=1S/C17H21ClFNO3/c1-12-4-5-14(19)9-13(12)11-20(16(21)10-18)15-3-2-6-17(15)22-7-8-23-17/h4-5,9,15H,2-3,6-8,10-11H2,1H3. The van der Waals surface area contributed by atoms with Crippen molar-refractivity contribution in [2.24, 2.45) is 0 Å². The average molecular weight is 342 g/mol. The number of nitrogens with zero attached hydrogens (tertiary/aromatic N) is 1. The van der Waals surface area contributed by atoms with E-state index in [0.29, 0.717) is 19.8 Å². The number of alkyl halides is 1. The Morgan fingerprint density at radius 1 is 1.43 bits per heavy atom. The van der Waals surface area contributed by atoms with Crippen LogP contribution in [-0.4, -0.2) is 41.7 Å². The van der Waals surface area contributed by atoms with Gasteiger partial charge in [0.2, 0.25) is 5.91 Å². The zero-order valence-corrected chi connectivity index (χ0v) is 13.9. The van der Waals surface area contributed by atoms with Crippen LogP contribution >= 0.6 is 11.6 Å². The summed E-state index contributed by atoms with van der Waals surface area (Å²) in [6.07, 6.45) is 2.50. The minimum absolute atomic E-state index is 0.110. The lowest BCUT2D eigenvalue weighted by molar-refractivity contribution is -0.192. The molecule has 1 aliphatic heterocycles. The highest BCUT2D eigenvalue weighted by atomic mass is 35.5. The van der Waals surface area contributed by atoms with E-state index in [1.807, 2.05) is 6.92 Å². The van der Waals surface area contributed by atoms with Gasteiger partial charge >= 0.3 is 0 Å². The van der Waals surface area contributed by atoms with Crippen LogP contribution < -0.4 is 0 Å². The van der Waals surface area contributed by atoms with Crippen LogP contribution in [0.4, 0.5) is 4.39 Å². The highest BCUT2D eigenvalue weighted by Crippen LogP contribution is 2.41. The molecule has 4 nitrogen and oxygen atoms in total. The first-order valence-electron chi connectivity index (χ1n) is 7.94. The second kappa shape index (κ2) is 6.75. The maximum Gasteiger partial charge on any atom is 0.238 e. The van der Waals surface area contributed by atoms with E-state index < -0.39 is 5.79 Å². The maximum absolute atomic E-state index is 13.6. The zero-order chi connectivity index (χ0) is 16.4. The summed E-state index contributed by atoms with van der Waals surface area (Å²) in [5.74, 6) is -1.32. The molecule has 23 heavy (non-hydrogen) atoms. The van der Waals surface area contributed by atoms with Gasteiger partial charge in [0.25, 0.3) is 0 Å². The van der Waals surface area contributed by atoms with Gasteiger partial charge < -0.3 is 14.4 Å². The second-order valence-corrected chi connectivity index (χ2v) is 6.41. The van der Waals surface area contributed by atoms with Gasteiger partial charge in [0.1, 0.15) is 11.7 Å². The van der Waals surface area contributed by atoms with Crippen molar-refractivity contribution in [3.05, 3.63) is 35.1 Å². The molecule has 0 radical (unpaired) electrons. The molecule has 1 unspecified atom stereocenters. The van der Waals surface area contributed by atoms with Crippen LogP contribution in [0.15, 0.2) is 18.2 Å². The van der Waals surface area contributed by atoms with Gasteiger partial charge in [-0.1, -0.05) is 6.07 Å². The SMILES string of the molecule is Cc1ccc(F)cc1CN(C(=O)CCl)C1CCCC12OCCO2. The lowest BCUT2D eigenvalue weighted by Gasteiger charge is -2.38. The lowest BCUT2D eigenvalue weighted by Crippen LogP contribution is -2.52. The largest absolute Gasteiger partial charge is 0.346 e. The van der Waals surface area contributed by atoms with E-state index >= 15 is 0 Å². The number of hydrogen-bond donors (Lipinski definition) is 0. The monoisotopic (exact) mass is 341 g/mol. The quantitative estimate of drug-likeness (QED) is 0.790. The number of carbonyl (C=O) groups is 1. The third-order valence-corrected chi connectivity index (χ3v) is 4.98. The van der Waals surface area contributed by atoms with Crippen LogP contribution in [0.3, 0.4) is 0 Å². The first-order chi connectivity index (χ1) is 11.1. The van der Waals surface area contributed by atoms with Gasteiger partial charge in [-0.05, 0) is 43.0 Å². The van der Waals surface area contributed by atoms with E-state index in [9.17, 15) is 9.18 Å². The van der Waals surface area contributed by atoms with Crippen LogP contribution in [0.25, 0.3) is 0 Å². The fraction of sp³-hybridized carbons (Fsp3) is 0.588. The molecule has 126 valence electrons. The molecule has 1 atom stereocenters. The molecule has 1 aliphatic carbocycles. The number of amides is 1. The summed E-state index contributed by atoms with van der Waals surface area (Å²) in [6, 6.07) is 4.44. The summed E-state index contributed by atoms with van der Waals surface area (Å²) in [6.45, 7) is 3.30. The zero-order valence-electron chi connectivity index (χ0n) is 13.2. The Morgan fingerprint density at radius 3 is 2.87 bits per heavy atom. The summed E-state index contributed by atoms with van der Waals surface area (Å²) < 4.78 is 25.3. The van der Waals surface area contributed by atoms with Crippen molar-refractivity contribution >= 4 is 17.5 Å². The normalized spacial score (nSPS) is 22.7. The maximum atomic E-state index is 13.6. The van der Waals surface area contributed by atoms with E-state index in [1.165, 1.54) is 12.1 Å². The molecule has 1 aromatic carbocycles. The van der Waals surface area contributed by atoms with E-state index in [0.717, 1.165) is 30.4 Å². The molecule has 1 heterocycles. The molecule has 0 N–H and O–H groups in total. The summed E-state index contributed by atoms with van der Waals surface area (Å²) in [4.78, 5) is 14.1. The van der Waals surface area contributed by atoms with Gasteiger partial charge in [0.05, 0.1) is 19.3 Å². The lowest BCUT2D eigenvalue weighted by atomic mass is 10.0. The van der Waals surface area contributed by atoms with Gasteiger partial charge in [-0.25, -0.2) is 4.39 Å². The summed E-state index contributed by atoms with van der Waals surface area (Å²) in [5.41, 5.74) is 1.72. The average Bonchev–Trinajstić information content (AvgIpc) is 3.18. The molecule has 2 aliphatic rings. The van der Waals surface area contributed by atoms with Crippen LogP contribution in [-0.2, 0) is 20.8 Å². The smallest absolute Gasteiger partial charge is 0.238 e. The number of ether oxygens (including phenoxy) is 2. The predicted octanol–water partition coefficient (Wildman–Crippen LogP) is 3.00. The van der Waals surface area contributed by atoms with E-state index in [-0.39, 0.29) is 23.6 Å². The van der Waals surface area contributed by atoms with Crippen LogP contribution in [0.1, 0.15) is 30.4 Å². The van der Waals surface area contributed by atoms with Crippen molar-refractivity contribution in [2.45, 2.75) is 44.6 Å². The highest BCUT2D eigenvalue weighted by Gasteiger charge is 2.51. The number of hydrogen-bond acceptors (Lipinski definition) is 3. The molecule has 1 saturated heterocycles. The minimum atomic E-state index is -0.719. The van der Waals surface area contributed by atoms with Crippen molar-refractivity contribution in [3.8, 4) is 0 Å². The Kier molecular flexibility index (Phi) is 4.90. The molecule has 1 aromatic rings. The Hall–Kier alpha value is -1.17. The molecule has 0 aromatic heterocycles. The number of benzene rings is 1. The summed E-state index contributed by atoms with van der Waals surface area (Å²) in [7, 11) is 0. The van der Waals surface area contributed by atoms with Gasteiger partial charge in [-0.2, -0.15) is 0 Å². The Labute approximate surface area is 140 Å². The Bertz CT molecular complexity index is 584.